The Morgan fingerprint density at radius 2 is 1.96 bits per heavy atom. The standard InChI is InChI=1S/C18H28N4O2.HI/c1-22(2)17(23)13-20-18(21-15-9-5-6-10-15)19-12-14-8-4-7-11-16(14)24-3;/h4,7-8,11,15H,5-6,9-10,12-13H2,1-3H3,(H2,19,20,21);1H. The van der Waals surface area contributed by atoms with E-state index < -0.39 is 0 Å². The van der Waals surface area contributed by atoms with Gasteiger partial charge in [0.15, 0.2) is 5.96 Å². The molecule has 1 aliphatic rings. The Hall–Kier alpha value is -1.51. The van der Waals surface area contributed by atoms with Gasteiger partial charge in [-0.3, -0.25) is 4.79 Å². The SMILES string of the molecule is COc1ccccc1CN=C(NCC(=O)N(C)C)NC1CCCC1.I. The van der Waals surface area contributed by atoms with Crippen molar-refractivity contribution in [2.24, 2.45) is 4.99 Å². The molecule has 0 saturated heterocycles. The van der Waals surface area contributed by atoms with Gasteiger partial charge >= 0.3 is 0 Å². The van der Waals surface area contributed by atoms with Gasteiger partial charge in [0, 0.05) is 25.7 Å². The number of hydrogen-bond acceptors (Lipinski definition) is 3. The van der Waals surface area contributed by atoms with Crippen LogP contribution in [0.1, 0.15) is 31.2 Å². The molecule has 1 aliphatic carbocycles. The number of methoxy groups -OCH3 is 1. The van der Waals surface area contributed by atoms with E-state index in [-0.39, 0.29) is 36.4 Å². The number of ether oxygens (including phenoxy) is 1. The Balaban J connectivity index is 0.00000312. The third-order valence-electron chi connectivity index (χ3n) is 4.20. The summed E-state index contributed by atoms with van der Waals surface area (Å²) in [6, 6.07) is 8.28. The maximum atomic E-state index is 11.8. The number of para-hydroxylation sites is 1. The average Bonchev–Trinajstić information content (AvgIpc) is 3.10. The molecule has 0 spiro atoms. The number of halogens is 1. The van der Waals surface area contributed by atoms with E-state index in [0.717, 1.165) is 24.2 Å². The van der Waals surface area contributed by atoms with Gasteiger partial charge in [0.1, 0.15) is 5.75 Å². The van der Waals surface area contributed by atoms with Gasteiger partial charge in [-0.2, -0.15) is 0 Å². The highest BCUT2D eigenvalue weighted by Gasteiger charge is 2.17. The van der Waals surface area contributed by atoms with Gasteiger partial charge in [0.05, 0.1) is 20.2 Å². The normalized spacial score (nSPS) is 14.6. The van der Waals surface area contributed by atoms with Crippen molar-refractivity contribution >= 4 is 35.8 Å². The summed E-state index contributed by atoms with van der Waals surface area (Å²) < 4.78 is 5.37. The van der Waals surface area contributed by atoms with Gasteiger partial charge in [-0.05, 0) is 18.9 Å². The summed E-state index contributed by atoms with van der Waals surface area (Å²) in [4.78, 5) is 18.0. The lowest BCUT2D eigenvalue weighted by molar-refractivity contribution is -0.127. The maximum absolute atomic E-state index is 11.8. The monoisotopic (exact) mass is 460 g/mol. The lowest BCUT2D eigenvalue weighted by Gasteiger charge is -2.18. The minimum Gasteiger partial charge on any atom is -0.496 e. The van der Waals surface area contributed by atoms with Crippen LogP contribution in [-0.4, -0.2) is 50.6 Å². The largest absolute Gasteiger partial charge is 0.496 e. The molecule has 1 aromatic rings. The molecule has 0 radical (unpaired) electrons. The zero-order valence-corrected chi connectivity index (χ0v) is 17.6. The number of amides is 1. The molecule has 0 aliphatic heterocycles. The second-order valence-electron chi connectivity index (χ2n) is 6.24. The Kier molecular flexibility index (Phi) is 9.62. The number of hydrogen-bond donors (Lipinski definition) is 2. The van der Waals surface area contributed by atoms with Crippen LogP contribution in [0.2, 0.25) is 0 Å². The summed E-state index contributed by atoms with van der Waals surface area (Å²) in [5, 5.41) is 6.59. The van der Waals surface area contributed by atoms with Crippen molar-refractivity contribution in [1.82, 2.24) is 15.5 Å². The van der Waals surface area contributed by atoms with E-state index in [0.29, 0.717) is 18.5 Å². The number of nitrogens with zero attached hydrogens (tertiary/aromatic N) is 2. The molecule has 140 valence electrons. The number of carbonyl (C=O) groups excluding carboxylic acids is 1. The van der Waals surface area contributed by atoms with Crippen molar-refractivity contribution in [2.45, 2.75) is 38.3 Å². The lowest BCUT2D eigenvalue weighted by atomic mass is 10.2. The number of carbonyl (C=O) groups is 1. The maximum Gasteiger partial charge on any atom is 0.241 e. The molecule has 1 saturated carbocycles. The van der Waals surface area contributed by atoms with E-state index in [9.17, 15) is 4.79 Å². The fourth-order valence-corrected chi connectivity index (χ4v) is 2.73. The number of aliphatic imine (C=N–C) groups is 1. The van der Waals surface area contributed by atoms with Crippen LogP contribution in [0.3, 0.4) is 0 Å². The van der Waals surface area contributed by atoms with E-state index in [4.69, 9.17) is 4.74 Å². The summed E-state index contributed by atoms with van der Waals surface area (Å²) in [5.41, 5.74) is 1.02. The van der Waals surface area contributed by atoms with Gasteiger partial charge in [-0.15, -0.1) is 24.0 Å². The lowest BCUT2D eigenvalue weighted by Crippen LogP contribution is -2.46. The van der Waals surface area contributed by atoms with Crippen LogP contribution < -0.4 is 15.4 Å². The number of nitrogens with one attached hydrogen (secondary N) is 2. The first kappa shape index (κ1) is 21.5. The topological polar surface area (TPSA) is 66.0 Å². The summed E-state index contributed by atoms with van der Waals surface area (Å²) in [7, 11) is 5.16. The van der Waals surface area contributed by atoms with E-state index in [1.54, 1.807) is 26.1 Å². The first-order valence-electron chi connectivity index (χ1n) is 8.47. The molecule has 1 amide bonds. The third-order valence-corrected chi connectivity index (χ3v) is 4.20. The van der Waals surface area contributed by atoms with Crippen LogP contribution in [0, 0.1) is 0 Å². The van der Waals surface area contributed by atoms with Gasteiger partial charge in [-0.25, -0.2) is 4.99 Å². The van der Waals surface area contributed by atoms with E-state index >= 15 is 0 Å². The fourth-order valence-electron chi connectivity index (χ4n) is 2.73. The molecule has 2 N–H and O–H groups in total. The smallest absolute Gasteiger partial charge is 0.241 e. The molecule has 1 fully saturated rings. The highest BCUT2D eigenvalue weighted by Crippen LogP contribution is 2.19. The predicted octanol–water partition coefficient (Wildman–Crippen LogP) is 2.38. The molecule has 0 aromatic heterocycles. The van der Waals surface area contributed by atoms with E-state index in [2.05, 4.69) is 15.6 Å². The van der Waals surface area contributed by atoms with Crippen LogP contribution in [0.5, 0.6) is 5.75 Å². The van der Waals surface area contributed by atoms with Crippen molar-refractivity contribution in [3.05, 3.63) is 29.8 Å². The van der Waals surface area contributed by atoms with Gasteiger partial charge < -0.3 is 20.3 Å². The predicted molar refractivity (Wildman–Crippen MR) is 112 cm³/mol. The van der Waals surface area contributed by atoms with E-state index in [1.807, 2.05) is 24.3 Å². The molecule has 7 heteroatoms. The highest BCUT2D eigenvalue weighted by molar-refractivity contribution is 14.0. The van der Waals surface area contributed by atoms with Crippen molar-refractivity contribution in [2.75, 3.05) is 27.7 Å². The molecule has 6 nitrogen and oxygen atoms in total. The molecule has 2 rings (SSSR count). The van der Waals surface area contributed by atoms with Gasteiger partial charge in [0.25, 0.3) is 0 Å². The van der Waals surface area contributed by atoms with Crippen LogP contribution in [-0.2, 0) is 11.3 Å². The first-order chi connectivity index (χ1) is 11.6. The highest BCUT2D eigenvalue weighted by atomic mass is 127. The number of likely N-dealkylation sites (N-methyl/N-ethyl adjacent to an activating group) is 1. The van der Waals surface area contributed by atoms with Crippen LogP contribution in [0.15, 0.2) is 29.3 Å². The third kappa shape index (κ3) is 7.09. The Bertz CT molecular complexity index is 572. The minimum atomic E-state index is 0. The number of benzene rings is 1. The number of rotatable bonds is 6. The Morgan fingerprint density at radius 3 is 2.60 bits per heavy atom. The van der Waals surface area contributed by atoms with Crippen LogP contribution >= 0.6 is 24.0 Å². The van der Waals surface area contributed by atoms with E-state index in [1.165, 1.54) is 12.8 Å². The Morgan fingerprint density at radius 1 is 1.28 bits per heavy atom. The summed E-state index contributed by atoms with van der Waals surface area (Å²) in [6.07, 6.45) is 4.79. The Labute approximate surface area is 167 Å². The molecule has 1 aromatic carbocycles. The molecule has 25 heavy (non-hydrogen) atoms. The quantitative estimate of drug-likeness (QED) is 0.389. The second kappa shape index (κ2) is 11.2. The summed E-state index contributed by atoms with van der Waals surface area (Å²) in [6.45, 7) is 0.736. The van der Waals surface area contributed by atoms with Crippen LogP contribution in [0.4, 0.5) is 0 Å². The van der Waals surface area contributed by atoms with Gasteiger partial charge in [0.2, 0.25) is 5.91 Å². The van der Waals surface area contributed by atoms with Gasteiger partial charge in [-0.1, -0.05) is 31.0 Å². The van der Waals surface area contributed by atoms with Crippen molar-refractivity contribution in [3.63, 3.8) is 0 Å². The molecule has 0 atom stereocenters. The average molecular weight is 460 g/mol. The summed E-state index contributed by atoms with van der Waals surface area (Å²) in [5.74, 6) is 1.53. The second-order valence-corrected chi connectivity index (χ2v) is 6.24. The molecule has 0 heterocycles. The molecule has 0 unspecified atom stereocenters. The zero-order valence-electron chi connectivity index (χ0n) is 15.2. The molecular formula is C18H29IN4O2. The molecule has 0 bridgehead atoms. The fraction of sp³-hybridized carbons (Fsp3) is 0.556. The number of guanidine groups is 1. The van der Waals surface area contributed by atoms with Crippen molar-refractivity contribution in [1.29, 1.82) is 0 Å². The van der Waals surface area contributed by atoms with Crippen LogP contribution in [0.25, 0.3) is 0 Å². The first-order valence-corrected chi connectivity index (χ1v) is 8.47. The molecular weight excluding hydrogens is 431 g/mol. The zero-order chi connectivity index (χ0) is 17.4. The van der Waals surface area contributed by atoms with Crippen molar-refractivity contribution in [3.8, 4) is 5.75 Å². The minimum absolute atomic E-state index is 0. The van der Waals surface area contributed by atoms with Crippen molar-refractivity contribution < 1.29 is 9.53 Å². The summed E-state index contributed by atoms with van der Waals surface area (Å²) >= 11 is 0.